The molecule has 0 aliphatic carbocycles. The fourth-order valence-corrected chi connectivity index (χ4v) is 3.76. The molecule has 4 rings (SSSR count). The third-order valence-corrected chi connectivity index (χ3v) is 5.51. The molecule has 0 aliphatic rings. The summed E-state index contributed by atoms with van der Waals surface area (Å²) in [6.07, 6.45) is 2.48. The number of aromatic nitrogens is 1. The van der Waals surface area contributed by atoms with E-state index in [4.69, 9.17) is 14.2 Å². The topological polar surface area (TPSA) is 122 Å². The van der Waals surface area contributed by atoms with E-state index in [1.54, 1.807) is 87.1 Å². The highest BCUT2D eigenvalue weighted by Gasteiger charge is 2.14. The van der Waals surface area contributed by atoms with Gasteiger partial charge in [0.1, 0.15) is 11.5 Å². The molecule has 0 aliphatic heterocycles. The van der Waals surface area contributed by atoms with Gasteiger partial charge in [-0.3, -0.25) is 9.78 Å². The molecular weight excluding hydrogens is 476 g/mol. The summed E-state index contributed by atoms with van der Waals surface area (Å²) in [5.41, 5.74) is 4.87. The van der Waals surface area contributed by atoms with E-state index in [9.17, 15) is 14.7 Å². The minimum Gasteiger partial charge on any atom is -0.493 e. The first-order chi connectivity index (χ1) is 18.1. The summed E-state index contributed by atoms with van der Waals surface area (Å²) in [6, 6.07) is 18.5. The molecular formula is C27H26N4O6. The van der Waals surface area contributed by atoms with Gasteiger partial charge in [-0.2, -0.15) is 0 Å². The number of aliphatic hydroxyl groups is 1. The van der Waals surface area contributed by atoms with Crippen LogP contribution in [0.4, 0.5) is 16.2 Å². The predicted octanol–water partition coefficient (Wildman–Crippen LogP) is 4.28. The molecule has 1 heterocycles. The maximum atomic E-state index is 12.5. The van der Waals surface area contributed by atoms with E-state index < -0.39 is 6.03 Å². The number of carbonyl (C=O) groups excluding carboxylic acids is 2. The molecule has 190 valence electrons. The lowest BCUT2D eigenvalue weighted by Crippen LogP contribution is -2.44. The Bertz CT molecular complexity index is 1390. The van der Waals surface area contributed by atoms with E-state index in [0.29, 0.717) is 52.7 Å². The molecule has 3 amide bonds. The number of ether oxygens (including phenoxy) is 3. The van der Waals surface area contributed by atoms with Crippen molar-refractivity contribution in [2.45, 2.75) is 6.42 Å². The van der Waals surface area contributed by atoms with Crippen molar-refractivity contribution >= 4 is 34.7 Å². The molecule has 3 aromatic carbocycles. The molecule has 0 spiro atoms. The second kappa shape index (κ2) is 11.7. The van der Waals surface area contributed by atoms with Crippen molar-refractivity contribution in [2.24, 2.45) is 0 Å². The number of carbonyl (C=O) groups is 2. The number of hydrogen-bond acceptors (Lipinski definition) is 7. The smallest absolute Gasteiger partial charge is 0.338 e. The maximum Gasteiger partial charge on any atom is 0.338 e. The molecule has 0 radical (unpaired) electrons. The van der Waals surface area contributed by atoms with Crippen LogP contribution in [0.3, 0.4) is 0 Å². The fraction of sp³-hybridized carbons (Fsp3) is 0.148. The normalized spacial score (nSPS) is 10.5. The highest BCUT2D eigenvalue weighted by atomic mass is 16.5. The van der Waals surface area contributed by atoms with Crippen LogP contribution < -0.4 is 30.0 Å². The number of nitrogens with zero attached hydrogens (tertiary/aromatic N) is 2. The molecule has 10 heteroatoms. The van der Waals surface area contributed by atoms with Crippen LogP contribution in [0.15, 0.2) is 72.9 Å². The third-order valence-electron chi connectivity index (χ3n) is 5.51. The Hall–Kier alpha value is -4.83. The summed E-state index contributed by atoms with van der Waals surface area (Å²) >= 11 is 0. The van der Waals surface area contributed by atoms with Crippen LogP contribution in [0.25, 0.3) is 10.9 Å². The monoisotopic (exact) mass is 502 g/mol. The Balaban J connectivity index is 1.45. The van der Waals surface area contributed by atoms with E-state index in [1.807, 2.05) is 0 Å². The number of fused-ring (bicyclic) bond motifs is 1. The van der Waals surface area contributed by atoms with Crippen molar-refractivity contribution in [1.82, 2.24) is 10.4 Å². The van der Waals surface area contributed by atoms with Gasteiger partial charge in [0.05, 0.1) is 25.4 Å². The van der Waals surface area contributed by atoms with Crippen molar-refractivity contribution in [3.63, 3.8) is 0 Å². The lowest BCUT2D eigenvalue weighted by Gasteiger charge is -2.21. The molecule has 0 saturated carbocycles. The molecule has 1 aromatic heterocycles. The van der Waals surface area contributed by atoms with E-state index >= 15 is 0 Å². The van der Waals surface area contributed by atoms with Gasteiger partial charge in [0, 0.05) is 29.9 Å². The summed E-state index contributed by atoms with van der Waals surface area (Å²) < 4.78 is 16.8. The largest absolute Gasteiger partial charge is 0.493 e. The van der Waals surface area contributed by atoms with Gasteiger partial charge < -0.3 is 24.6 Å². The second-order valence-corrected chi connectivity index (χ2v) is 7.80. The zero-order valence-corrected chi connectivity index (χ0v) is 20.3. The zero-order valence-electron chi connectivity index (χ0n) is 20.3. The summed E-state index contributed by atoms with van der Waals surface area (Å²) in [4.78, 5) is 28.5. The van der Waals surface area contributed by atoms with E-state index in [2.05, 4.69) is 15.7 Å². The molecule has 3 N–H and O–H groups in total. The maximum absolute atomic E-state index is 12.5. The minimum absolute atomic E-state index is 0.0820. The number of nitrogens with one attached hydrogen (secondary N) is 2. The first-order valence-corrected chi connectivity index (χ1v) is 11.4. The van der Waals surface area contributed by atoms with E-state index in [1.165, 1.54) is 0 Å². The molecule has 37 heavy (non-hydrogen) atoms. The molecule has 10 nitrogen and oxygen atoms in total. The first kappa shape index (κ1) is 25.3. The number of para-hydroxylation sites is 1. The van der Waals surface area contributed by atoms with Gasteiger partial charge in [-0.25, -0.2) is 15.2 Å². The Morgan fingerprint density at radius 1 is 1.00 bits per heavy atom. The number of methoxy groups -OCH3 is 2. The van der Waals surface area contributed by atoms with Crippen molar-refractivity contribution < 1.29 is 28.9 Å². The van der Waals surface area contributed by atoms with Crippen LogP contribution in [-0.4, -0.2) is 43.4 Å². The zero-order chi connectivity index (χ0) is 26.2. The first-order valence-electron chi connectivity index (χ1n) is 11.4. The number of pyridine rings is 1. The standard InChI is InChI=1S/C27H26N4O6/c1-35-25-15-21-22(16-26(25)36-2)28-13-11-24(21)37-20-9-7-19(8-10-20)29-27(34)30-31(17-33)23-6-4-3-5-18(23)12-14-32/h3-11,13,15-17,32H,12,14H2,1-2H3,(H2,29,30,34). The van der Waals surface area contributed by atoms with Crippen molar-refractivity contribution in [3.05, 3.63) is 78.5 Å². The van der Waals surface area contributed by atoms with Crippen molar-refractivity contribution in [2.75, 3.05) is 31.2 Å². The average Bonchev–Trinajstić information content (AvgIpc) is 2.92. The molecule has 0 unspecified atom stereocenters. The van der Waals surface area contributed by atoms with Crippen LogP contribution in [0.2, 0.25) is 0 Å². The van der Waals surface area contributed by atoms with Gasteiger partial charge in [-0.1, -0.05) is 18.2 Å². The number of urea groups is 1. The van der Waals surface area contributed by atoms with Gasteiger partial charge in [0.25, 0.3) is 0 Å². The Morgan fingerprint density at radius 2 is 1.73 bits per heavy atom. The highest BCUT2D eigenvalue weighted by Crippen LogP contribution is 2.37. The Kier molecular flexibility index (Phi) is 8.01. The highest BCUT2D eigenvalue weighted by molar-refractivity contribution is 5.93. The quantitative estimate of drug-likeness (QED) is 0.219. The third kappa shape index (κ3) is 5.88. The van der Waals surface area contributed by atoms with E-state index in [0.717, 1.165) is 16.0 Å². The van der Waals surface area contributed by atoms with Gasteiger partial charge in [-0.05, 0) is 54.4 Å². The van der Waals surface area contributed by atoms with Crippen LogP contribution in [-0.2, 0) is 11.2 Å². The summed E-state index contributed by atoms with van der Waals surface area (Å²) in [7, 11) is 3.12. The second-order valence-electron chi connectivity index (χ2n) is 7.80. The minimum atomic E-state index is -0.610. The Labute approximate surface area is 213 Å². The molecule has 0 bridgehead atoms. The van der Waals surface area contributed by atoms with Gasteiger partial charge in [-0.15, -0.1) is 0 Å². The van der Waals surface area contributed by atoms with Gasteiger partial charge in [0.2, 0.25) is 6.41 Å². The summed E-state index contributed by atoms with van der Waals surface area (Å²) in [6.45, 7) is -0.0820. The predicted molar refractivity (Wildman–Crippen MR) is 139 cm³/mol. The SMILES string of the molecule is COc1cc2nccc(Oc3ccc(NC(=O)NN(C=O)c4ccccc4CCO)cc3)c2cc1OC. The number of amides is 3. The number of anilines is 2. The number of benzene rings is 3. The summed E-state index contributed by atoms with van der Waals surface area (Å²) in [5, 5.41) is 13.8. The average molecular weight is 503 g/mol. The van der Waals surface area contributed by atoms with Gasteiger partial charge >= 0.3 is 6.03 Å². The van der Waals surface area contributed by atoms with Crippen molar-refractivity contribution in [3.8, 4) is 23.0 Å². The lowest BCUT2D eigenvalue weighted by molar-refractivity contribution is -0.107. The molecule has 0 saturated heterocycles. The van der Waals surface area contributed by atoms with Crippen LogP contribution in [0, 0.1) is 0 Å². The Morgan fingerprint density at radius 3 is 2.43 bits per heavy atom. The number of aliphatic hydroxyl groups excluding tert-OH is 1. The fourth-order valence-electron chi connectivity index (χ4n) is 3.76. The van der Waals surface area contributed by atoms with Crippen molar-refractivity contribution in [1.29, 1.82) is 0 Å². The number of rotatable bonds is 10. The summed E-state index contributed by atoms with van der Waals surface area (Å²) in [5.74, 6) is 2.24. The molecule has 0 fully saturated rings. The van der Waals surface area contributed by atoms with Crippen LogP contribution in [0.1, 0.15) is 5.56 Å². The van der Waals surface area contributed by atoms with Gasteiger partial charge in [0.15, 0.2) is 11.5 Å². The van der Waals surface area contributed by atoms with Crippen LogP contribution >= 0.6 is 0 Å². The van der Waals surface area contributed by atoms with Crippen LogP contribution in [0.5, 0.6) is 23.0 Å². The number of hydrazine groups is 1. The lowest BCUT2D eigenvalue weighted by atomic mass is 10.1. The molecule has 4 aromatic rings. The number of hydrogen-bond donors (Lipinski definition) is 3. The van der Waals surface area contributed by atoms with E-state index in [-0.39, 0.29) is 6.61 Å². The molecule has 0 atom stereocenters.